The van der Waals surface area contributed by atoms with Gasteiger partial charge in [0.05, 0.1) is 13.7 Å². The van der Waals surface area contributed by atoms with Crippen LogP contribution in [0.1, 0.15) is 17.4 Å². The van der Waals surface area contributed by atoms with Crippen molar-refractivity contribution >= 4 is 17.9 Å². The maximum Gasteiger partial charge on any atom is 0.405 e. The van der Waals surface area contributed by atoms with Gasteiger partial charge in [0.1, 0.15) is 11.8 Å². The first-order valence-corrected chi connectivity index (χ1v) is 8.40. The van der Waals surface area contributed by atoms with Crippen molar-refractivity contribution in [2.45, 2.75) is 19.0 Å². The Kier molecular flexibility index (Phi) is 6.21. The first kappa shape index (κ1) is 17.1. The predicted octanol–water partition coefficient (Wildman–Crippen LogP) is 1.60. The minimum Gasteiger partial charge on any atom is -0.497 e. The summed E-state index contributed by atoms with van der Waals surface area (Å²) in [6.45, 7) is 0.635. The van der Waals surface area contributed by atoms with E-state index in [1.165, 1.54) is 4.80 Å². The second-order valence-corrected chi connectivity index (χ2v) is 5.78. The average Bonchev–Trinajstić information content (AvgIpc) is 3.01. The highest BCUT2D eigenvalue weighted by molar-refractivity contribution is 7.98. The number of nitrogens with zero attached hydrogens (tertiary/aromatic N) is 4. The summed E-state index contributed by atoms with van der Waals surface area (Å²) in [5.41, 5.74) is 0.949. The molecule has 0 aliphatic rings. The Bertz CT molecular complexity index is 632. The molecular weight excluding hydrogens is 318 g/mol. The monoisotopic (exact) mass is 337 g/mol. The molecule has 124 valence electrons. The molecule has 0 saturated heterocycles. The number of aromatic nitrogens is 4. The zero-order valence-corrected chi connectivity index (χ0v) is 13.8. The minimum absolute atomic E-state index is 0.365. The number of amides is 1. The maximum atomic E-state index is 11.0. The fourth-order valence-corrected chi connectivity index (χ4v) is 2.36. The predicted molar refractivity (Wildman–Crippen MR) is 86.8 cm³/mol. The van der Waals surface area contributed by atoms with E-state index >= 15 is 0 Å². The van der Waals surface area contributed by atoms with Gasteiger partial charge in [-0.25, -0.2) is 4.79 Å². The van der Waals surface area contributed by atoms with Crippen LogP contribution in [0.2, 0.25) is 0 Å². The lowest BCUT2D eigenvalue weighted by molar-refractivity contribution is 0.189. The van der Waals surface area contributed by atoms with E-state index in [1.807, 2.05) is 30.5 Å². The van der Waals surface area contributed by atoms with E-state index < -0.39 is 12.1 Å². The van der Waals surface area contributed by atoms with Gasteiger partial charge in [-0.3, -0.25) is 0 Å². The van der Waals surface area contributed by atoms with E-state index in [-0.39, 0.29) is 0 Å². The van der Waals surface area contributed by atoms with Gasteiger partial charge in [-0.15, -0.1) is 10.2 Å². The molecule has 1 atom stereocenters. The number of carbonyl (C=O) groups is 1. The van der Waals surface area contributed by atoms with Gasteiger partial charge in [0, 0.05) is 12.2 Å². The smallest absolute Gasteiger partial charge is 0.405 e. The molecule has 0 fully saturated rings. The molecule has 0 bridgehead atoms. The number of tetrazole rings is 1. The number of thioether (sulfide) groups is 1. The van der Waals surface area contributed by atoms with Crippen LogP contribution in [0, 0.1) is 0 Å². The molecule has 1 aromatic heterocycles. The fourth-order valence-electron chi connectivity index (χ4n) is 2.02. The van der Waals surface area contributed by atoms with E-state index in [4.69, 9.17) is 9.84 Å². The average molecular weight is 337 g/mol. The molecule has 0 unspecified atom stereocenters. The van der Waals surface area contributed by atoms with Crippen LogP contribution in [0.5, 0.6) is 5.75 Å². The van der Waals surface area contributed by atoms with E-state index in [9.17, 15) is 4.79 Å². The molecule has 23 heavy (non-hydrogen) atoms. The molecule has 0 aliphatic carbocycles. The molecule has 2 N–H and O–H groups in total. The van der Waals surface area contributed by atoms with Gasteiger partial charge in [-0.1, -0.05) is 12.1 Å². The molecule has 2 rings (SSSR count). The van der Waals surface area contributed by atoms with E-state index in [2.05, 4.69) is 20.7 Å². The normalized spacial score (nSPS) is 11.9. The second-order valence-electron chi connectivity index (χ2n) is 4.79. The Hall–Kier alpha value is -2.29. The molecule has 8 nitrogen and oxygen atoms in total. The molecule has 0 saturated carbocycles. The molecule has 2 aromatic rings. The van der Waals surface area contributed by atoms with Gasteiger partial charge in [-0.2, -0.15) is 16.6 Å². The van der Waals surface area contributed by atoms with Crippen LogP contribution in [0.4, 0.5) is 4.79 Å². The largest absolute Gasteiger partial charge is 0.497 e. The highest BCUT2D eigenvalue weighted by Gasteiger charge is 2.20. The molecule has 0 spiro atoms. The van der Waals surface area contributed by atoms with Gasteiger partial charge in [0.25, 0.3) is 0 Å². The number of rotatable bonds is 8. The fraction of sp³-hybridized carbons (Fsp3) is 0.429. The molecule has 0 aliphatic heterocycles. The van der Waals surface area contributed by atoms with Crippen molar-refractivity contribution < 1.29 is 14.6 Å². The van der Waals surface area contributed by atoms with Gasteiger partial charge in [0.15, 0.2) is 5.82 Å². The molecule has 1 amide bonds. The lowest BCUT2D eigenvalue weighted by atomic mass is 10.1. The lowest BCUT2D eigenvalue weighted by Gasteiger charge is -2.13. The van der Waals surface area contributed by atoms with Crippen molar-refractivity contribution in [2.75, 3.05) is 19.1 Å². The summed E-state index contributed by atoms with van der Waals surface area (Å²) < 4.78 is 5.11. The zero-order chi connectivity index (χ0) is 16.7. The number of hydrogen-bond donors (Lipinski definition) is 2. The number of hydrogen-bond acceptors (Lipinski definition) is 6. The molecule has 0 radical (unpaired) electrons. The van der Waals surface area contributed by atoms with Crippen molar-refractivity contribution in [1.29, 1.82) is 0 Å². The first-order valence-electron chi connectivity index (χ1n) is 7.01. The summed E-state index contributed by atoms with van der Waals surface area (Å²) >= 11 is 1.68. The van der Waals surface area contributed by atoms with Gasteiger partial charge >= 0.3 is 6.09 Å². The zero-order valence-electron chi connectivity index (χ0n) is 13.0. The molecule has 1 heterocycles. The third-order valence-corrected chi connectivity index (χ3v) is 3.76. The highest BCUT2D eigenvalue weighted by Crippen LogP contribution is 2.18. The molecule has 1 aromatic carbocycles. The summed E-state index contributed by atoms with van der Waals surface area (Å²) in [6, 6.07) is 6.87. The Balaban J connectivity index is 2.12. The number of nitrogens with one attached hydrogen (secondary N) is 1. The Morgan fingerprint density at radius 2 is 2.17 bits per heavy atom. The van der Waals surface area contributed by atoms with Crippen LogP contribution in [-0.4, -0.2) is 50.5 Å². The molecular formula is C14H19N5O3S. The highest BCUT2D eigenvalue weighted by atomic mass is 32.2. The first-order chi connectivity index (χ1) is 11.1. The second kappa shape index (κ2) is 8.37. The van der Waals surface area contributed by atoms with Gasteiger partial charge < -0.3 is 15.2 Å². The Labute approximate surface area is 138 Å². The molecule has 9 heteroatoms. The van der Waals surface area contributed by atoms with Crippen LogP contribution in [-0.2, 0) is 13.0 Å². The van der Waals surface area contributed by atoms with Crippen molar-refractivity contribution in [3.63, 3.8) is 0 Å². The van der Waals surface area contributed by atoms with Gasteiger partial charge in [0.2, 0.25) is 0 Å². The minimum atomic E-state index is -1.12. The van der Waals surface area contributed by atoms with Crippen LogP contribution in [0.25, 0.3) is 0 Å². The maximum absolute atomic E-state index is 11.0. The van der Waals surface area contributed by atoms with Crippen LogP contribution in [0.3, 0.4) is 0 Å². The lowest BCUT2D eigenvalue weighted by Crippen LogP contribution is -2.29. The summed E-state index contributed by atoms with van der Waals surface area (Å²) in [6.07, 6.45) is 1.31. The third-order valence-electron chi connectivity index (χ3n) is 3.17. The SMILES string of the molecule is COc1ccc(C[C@H](NC(=O)O)c2nnn(CCSC)n2)cc1. The summed E-state index contributed by atoms with van der Waals surface area (Å²) in [7, 11) is 1.60. The standard InChI is InChI=1S/C14H19N5O3S/c1-22-11-5-3-10(4-6-11)9-12(15-14(20)21)13-16-18-19(17-13)7-8-23-2/h3-6,12,15H,7-9H2,1-2H3,(H,20,21)/t12-/m0/s1. The summed E-state index contributed by atoms with van der Waals surface area (Å²) in [4.78, 5) is 12.5. The Morgan fingerprint density at radius 1 is 1.43 bits per heavy atom. The van der Waals surface area contributed by atoms with Crippen molar-refractivity contribution in [2.24, 2.45) is 0 Å². The number of carboxylic acid groups (broad SMARTS) is 1. The van der Waals surface area contributed by atoms with E-state index in [0.717, 1.165) is 17.1 Å². The van der Waals surface area contributed by atoms with E-state index in [1.54, 1.807) is 18.9 Å². The number of benzene rings is 1. The van der Waals surface area contributed by atoms with Crippen LogP contribution >= 0.6 is 11.8 Å². The topological polar surface area (TPSA) is 102 Å². The van der Waals surface area contributed by atoms with Crippen molar-refractivity contribution in [3.05, 3.63) is 35.7 Å². The number of aryl methyl sites for hydroxylation is 1. The van der Waals surface area contributed by atoms with Crippen LogP contribution in [0.15, 0.2) is 24.3 Å². The van der Waals surface area contributed by atoms with Crippen molar-refractivity contribution in [3.8, 4) is 5.75 Å². The van der Waals surface area contributed by atoms with Crippen molar-refractivity contribution in [1.82, 2.24) is 25.5 Å². The summed E-state index contributed by atoms with van der Waals surface area (Å²) in [5.74, 6) is 1.98. The quantitative estimate of drug-likeness (QED) is 0.754. The van der Waals surface area contributed by atoms with E-state index in [0.29, 0.717) is 18.8 Å². The van der Waals surface area contributed by atoms with Crippen LogP contribution < -0.4 is 10.1 Å². The number of ether oxygens (including phenoxy) is 1. The van der Waals surface area contributed by atoms with Gasteiger partial charge in [-0.05, 0) is 29.2 Å². The third kappa shape index (κ3) is 5.13. The number of methoxy groups -OCH3 is 1. The Morgan fingerprint density at radius 3 is 2.78 bits per heavy atom. The summed E-state index contributed by atoms with van der Waals surface area (Å²) in [5, 5.41) is 23.7.